The smallest absolute Gasteiger partial charge is 0.409 e. The highest BCUT2D eigenvalue weighted by Gasteiger charge is 2.29. The van der Waals surface area contributed by atoms with Crippen LogP contribution in [0.3, 0.4) is 0 Å². The van der Waals surface area contributed by atoms with E-state index in [1.165, 1.54) is 0 Å². The molecular weight excluding hydrogens is 404 g/mol. The summed E-state index contributed by atoms with van der Waals surface area (Å²) in [6.45, 7) is 8.88. The van der Waals surface area contributed by atoms with Crippen LogP contribution in [0.1, 0.15) is 28.9 Å². The van der Waals surface area contributed by atoms with Crippen LogP contribution in [-0.2, 0) is 4.74 Å². The van der Waals surface area contributed by atoms with Gasteiger partial charge in [0.05, 0.1) is 17.1 Å². The molecule has 0 saturated heterocycles. The van der Waals surface area contributed by atoms with Crippen molar-refractivity contribution < 1.29 is 9.53 Å². The van der Waals surface area contributed by atoms with Gasteiger partial charge in [-0.05, 0) is 25.8 Å². The van der Waals surface area contributed by atoms with Crippen molar-refractivity contribution in [1.82, 2.24) is 20.1 Å². The first-order chi connectivity index (χ1) is 15.6. The van der Waals surface area contributed by atoms with E-state index < -0.39 is 12.3 Å². The van der Waals surface area contributed by atoms with E-state index >= 15 is 0 Å². The normalized spacial score (nSPS) is 15.0. The largest absolute Gasteiger partial charge is 0.443 e. The summed E-state index contributed by atoms with van der Waals surface area (Å²) in [6.07, 6.45) is 1.70. The number of aliphatic imine (C=N–C) groups is 2. The molecule has 2 aromatic carbocycles. The quantitative estimate of drug-likeness (QED) is 0.477. The molecule has 0 bridgehead atoms. The van der Waals surface area contributed by atoms with Crippen LogP contribution >= 0.6 is 0 Å². The Morgan fingerprint density at radius 2 is 1.94 bits per heavy atom. The number of fused-ring (bicyclic) bond motifs is 3. The van der Waals surface area contributed by atoms with Crippen LogP contribution < -0.4 is 5.32 Å². The Kier molecular flexibility index (Phi) is 6.03. The van der Waals surface area contributed by atoms with Crippen LogP contribution in [0.5, 0.6) is 0 Å². The number of para-hydroxylation sites is 1. The van der Waals surface area contributed by atoms with E-state index in [1.54, 1.807) is 12.2 Å². The zero-order chi connectivity index (χ0) is 22.5. The summed E-state index contributed by atoms with van der Waals surface area (Å²) >= 11 is 0. The molecule has 160 valence electrons. The lowest BCUT2D eigenvalue weighted by molar-refractivity contribution is 0.151. The summed E-state index contributed by atoms with van der Waals surface area (Å²) in [5, 5.41) is 11.3. The average molecular weight is 426 g/mol. The third kappa shape index (κ3) is 4.11. The first-order valence-electron chi connectivity index (χ1n) is 9.99. The Morgan fingerprint density at radius 3 is 2.69 bits per heavy atom. The van der Waals surface area contributed by atoms with Crippen molar-refractivity contribution >= 4 is 18.5 Å². The molecule has 0 fully saturated rings. The molecule has 0 spiro atoms. The third-order valence-corrected chi connectivity index (χ3v) is 4.92. The number of alkyl carbamates (subject to hydrolysis) is 1. The van der Waals surface area contributed by atoms with Gasteiger partial charge in [-0.2, -0.15) is 0 Å². The lowest BCUT2D eigenvalue weighted by atomic mass is 10.0. The van der Waals surface area contributed by atoms with E-state index in [4.69, 9.17) is 9.73 Å². The maximum Gasteiger partial charge on any atom is 0.409 e. The summed E-state index contributed by atoms with van der Waals surface area (Å²) < 4.78 is 7.20. The van der Waals surface area contributed by atoms with Gasteiger partial charge in [0.2, 0.25) is 0 Å². The van der Waals surface area contributed by atoms with E-state index in [0.717, 1.165) is 22.5 Å². The Bertz CT molecular complexity index is 1230. The highest BCUT2D eigenvalue weighted by atomic mass is 16.5. The number of carbonyl (C=O) groups is 1. The van der Waals surface area contributed by atoms with Gasteiger partial charge in [-0.25, -0.2) is 4.79 Å². The van der Waals surface area contributed by atoms with Crippen LogP contribution in [-0.4, -0.2) is 39.9 Å². The Balaban J connectivity index is 1.74. The van der Waals surface area contributed by atoms with Crippen molar-refractivity contribution in [2.45, 2.75) is 13.1 Å². The van der Waals surface area contributed by atoms with Crippen LogP contribution in [0.25, 0.3) is 5.69 Å². The summed E-state index contributed by atoms with van der Waals surface area (Å²) in [5.41, 5.74) is 3.93. The number of nitrogens with one attached hydrogen (secondary N) is 1. The van der Waals surface area contributed by atoms with Crippen molar-refractivity contribution in [3.63, 3.8) is 0 Å². The first kappa shape index (κ1) is 20.9. The summed E-state index contributed by atoms with van der Waals surface area (Å²) in [7, 11) is 0. The predicted molar refractivity (Wildman–Crippen MR) is 123 cm³/mol. The van der Waals surface area contributed by atoms with Gasteiger partial charge < -0.3 is 4.74 Å². The number of hydrogen-bond acceptors (Lipinski definition) is 6. The number of aromatic nitrogens is 3. The zero-order valence-electron chi connectivity index (χ0n) is 17.6. The number of allylic oxidation sites excluding steroid dienone is 2. The fourth-order valence-corrected chi connectivity index (χ4v) is 3.48. The topological polar surface area (TPSA) is 93.8 Å². The van der Waals surface area contributed by atoms with Crippen molar-refractivity contribution in [2.75, 3.05) is 6.61 Å². The van der Waals surface area contributed by atoms with Crippen molar-refractivity contribution in [3.8, 4) is 5.69 Å². The van der Waals surface area contributed by atoms with Crippen molar-refractivity contribution in [2.24, 2.45) is 9.98 Å². The molecule has 4 rings (SSSR count). The fourth-order valence-electron chi connectivity index (χ4n) is 3.48. The number of carbonyl (C=O) groups excluding carboxylic acids is 1. The molecule has 1 N–H and O–H groups in total. The molecule has 1 aliphatic rings. The van der Waals surface area contributed by atoms with Gasteiger partial charge in [-0.3, -0.25) is 19.9 Å². The van der Waals surface area contributed by atoms with Crippen LogP contribution in [0.2, 0.25) is 0 Å². The molecule has 1 aromatic heterocycles. The van der Waals surface area contributed by atoms with Crippen LogP contribution in [0.4, 0.5) is 4.79 Å². The molecule has 8 heteroatoms. The predicted octanol–water partition coefficient (Wildman–Crippen LogP) is 3.92. The van der Waals surface area contributed by atoms with Gasteiger partial charge in [0, 0.05) is 11.1 Å². The maximum absolute atomic E-state index is 12.6. The standard InChI is InChI=1S/C24H22N6O2/c1-4-10-18(25-3)15-32-24(31)27-22-23-29-28-16(2)30(23)20-14-9-8-13-19(20)21(26-22)17-11-6-5-7-12-17/h4-14,22H,1,3,15H2,2H3,(H,27,31)/b18-10-. The van der Waals surface area contributed by atoms with E-state index in [9.17, 15) is 4.79 Å². The van der Waals surface area contributed by atoms with Gasteiger partial charge in [0.15, 0.2) is 12.0 Å². The summed E-state index contributed by atoms with van der Waals surface area (Å²) in [6, 6.07) is 17.7. The lowest BCUT2D eigenvalue weighted by Gasteiger charge is -2.14. The second-order valence-electron chi connectivity index (χ2n) is 6.98. The summed E-state index contributed by atoms with van der Waals surface area (Å²) in [5.74, 6) is 1.17. The molecule has 1 unspecified atom stereocenters. The molecule has 1 amide bonds. The van der Waals surface area contributed by atoms with Crippen molar-refractivity contribution in [1.29, 1.82) is 0 Å². The summed E-state index contributed by atoms with van der Waals surface area (Å²) in [4.78, 5) is 21.3. The second kappa shape index (κ2) is 9.22. The zero-order valence-corrected chi connectivity index (χ0v) is 17.6. The number of benzene rings is 2. The lowest BCUT2D eigenvalue weighted by Crippen LogP contribution is -2.30. The van der Waals surface area contributed by atoms with Crippen molar-refractivity contribution in [3.05, 3.63) is 102 Å². The number of rotatable bonds is 6. The molecule has 1 atom stereocenters. The molecule has 0 radical (unpaired) electrons. The highest BCUT2D eigenvalue weighted by Crippen LogP contribution is 2.29. The van der Waals surface area contributed by atoms with E-state index in [-0.39, 0.29) is 6.61 Å². The van der Waals surface area contributed by atoms with Gasteiger partial charge >= 0.3 is 6.09 Å². The average Bonchev–Trinajstić information content (AvgIpc) is 3.14. The number of ether oxygens (including phenoxy) is 1. The minimum absolute atomic E-state index is 0.0464. The molecule has 3 aromatic rings. The minimum atomic E-state index is -0.810. The molecule has 0 saturated carbocycles. The van der Waals surface area contributed by atoms with Gasteiger partial charge in [0.25, 0.3) is 0 Å². The SMILES string of the molecule is C=C/C=C(/COC(=O)NC1N=C(c2ccccc2)c2ccccc2-n2c(C)nnc21)N=C. The monoisotopic (exact) mass is 426 g/mol. The first-order valence-corrected chi connectivity index (χ1v) is 9.99. The van der Waals surface area contributed by atoms with Crippen LogP contribution in [0.15, 0.2) is 89.0 Å². The highest BCUT2D eigenvalue weighted by molar-refractivity contribution is 6.15. The minimum Gasteiger partial charge on any atom is -0.443 e. The molecular formula is C24H22N6O2. The van der Waals surface area contributed by atoms with E-state index in [1.807, 2.05) is 66.1 Å². The fraction of sp³-hybridized carbons (Fsp3) is 0.125. The molecule has 0 aliphatic carbocycles. The number of aryl methyl sites for hydroxylation is 1. The van der Waals surface area contributed by atoms with E-state index in [2.05, 4.69) is 33.8 Å². The Hall–Kier alpha value is -4.33. The number of amides is 1. The van der Waals surface area contributed by atoms with E-state index in [0.29, 0.717) is 17.3 Å². The molecule has 1 aliphatic heterocycles. The molecule has 32 heavy (non-hydrogen) atoms. The van der Waals surface area contributed by atoms with Gasteiger partial charge in [0.1, 0.15) is 12.4 Å². The van der Waals surface area contributed by atoms with Crippen LogP contribution in [0, 0.1) is 6.92 Å². The maximum atomic E-state index is 12.6. The number of nitrogens with zero attached hydrogens (tertiary/aromatic N) is 5. The Morgan fingerprint density at radius 1 is 1.19 bits per heavy atom. The Labute approximate surface area is 185 Å². The van der Waals surface area contributed by atoms with Gasteiger partial charge in [-0.1, -0.05) is 61.2 Å². The number of hydrogen-bond donors (Lipinski definition) is 1. The molecule has 8 nitrogen and oxygen atoms in total. The molecule has 2 heterocycles. The van der Waals surface area contributed by atoms with Gasteiger partial charge in [-0.15, -0.1) is 10.2 Å². The second-order valence-corrected chi connectivity index (χ2v) is 6.98. The third-order valence-electron chi connectivity index (χ3n) is 4.92.